The summed E-state index contributed by atoms with van der Waals surface area (Å²) >= 11 is 1.17. The number of carbonyl (C=O) groups is 2. The maximum atomic E-state index is 12.5. The molecule has 166 valence electrons. The van der Waals surface area contributed by atoms with Crippen LogP contribution < -0.4 is 14.8 Å². The van der Waals surface area contributed by atoms with Crippen LogP contribution >= 0.6 is 11.8 Å². The van der Waals surface area contributed by atoms with E-state index >= 15 is 0 Å². The van der Waals surface area contributed by atoms with Crippen molar-refractivity contribution in [3.05, 3.63) is 48.0 Å². The Bertz CT molecular complexity index is 1100. The molecule has 1 amide bonds. The molecule has 0 unspecified atom stereocenters. The van der Waals surface area contributed by atoms with Crippen LogP contribution in [0.1, 0.15) is 43.0 Å². The zero-order chi connectivity index (χ0) is 22.3. The third kappa shape index (κ3) is 5.47. The Labute approximate surface area is 189 Å². The van der Waals surface area contributed by atoms with Gasteiger partial charge in [0.2, 0.25) is 18.6 Å². The molecule has 0 saturated heterocycles. The molecular weight excluding hydrogens is 430 g/mol. The quantitative estimate of drug-likeness (QED) is 0.261. The molecule has 0 spiro atoms. The van der Waals surface area contributed by atoms with Crippen LogP contribution in [0.3, 0.4) is 0 Å². The lowest BCUT2D eigenvalue weighted by molar-refractivity contribution is -0.116. The highest BCUT2D eigenvalue weighted by atomic mass is 32.2. The zero-order valence-electron chi connectivity index (χ0n) is 17.6. The first-order valence-corrected chi connectivity index (χ1v) is 11.4. The van der Waals surface area contributed by atoms with Crippen LogP contribution in [0, 0.1) is 0 Å². The predicted molar refractivity (Wildman–Crippen MR) is 120 cm³/mol. The Hall–Kier alpha value is -3.33. The van der Waals surface area contributed by atoms with Gasteiger partial charge in [0.15, 0.2) is 17.3 Å². The number of hydrogen-bond donors (Lipinski definition) is 1. The molecule has 0 bridgehead atoms. The number of amides is 1. The summed E-state index contributed by atoms with van der Waals surface area (Å²) < 4.78 is 16.3. The molecule has 0 fully saturated rings. The second-order valence-corrected chi connectivity index (χ2v) is 8.16. The fraction of sp³-hybridized carbons (Fsp3) is 0.304. The maximum Gasteiger partial charge on any atom is 0.277 e. The number of ketones is 1. The molecule has 1 N–H and O–H groups in total. The van der Waals surface area contributed by atoms with Crippen LogP contribution in [0.15, 0.2) is 52.1 Å². The van der Waals surface area contributed by atoms with Crippen LogP contribution in [-0.4, -0.2) is 34.4 Å². The first kappa shape index (κ1) is 21.9. The number of hydrogen-bond acceptors (Lipinski definition) is 8. The minimum absolute atomic E-state index is 0.0114. The number of Topliss-reactive ketones (excluding diaryl/α,β-unsaturated/α-hetero) is 1. The summed E-state index contributed by atoms with van der Waals surface area (Å²) in [5.41, 5.74) is 1.95. The minimum Gasteiger partial charge on any atom is -0.454 e. The van der Waals surface area contributed by atoms with Gasteiger partial charge >= 0.3 is 0 Å². The Morgan fingerprint density at radius 1 is 1.03 bits per heavy atom. The van der Waals surface area contributed by atoms with Crippen molar-refractivity contribution in [2.75, 3.05) is 17.9 Å². The Kier molecular flexibility index (Phi) is 7.06. The van der Waals surface area contributed by atoms with Crippen LogP contribution in [0.2, 0.25) is 0 Å². The smallest absolute Gasteiger partial charge is 0.277 e. The number of anilines is 1. The van der Waals surface area contributed by atoms with Crippen LogP contribution in [-0.2, 0) is 4.79 Å². The standard InChI is InChI=1S/C23H23N3O5S/c1-2-3-4-5-21(28)24-17-9-6-15(7-10-17)18(27)13-32-23-26-25-22(31-23)16-8-11-19-20(12-16)30-14-29-19/h6-12H,2-5,13-14H2,1H3,(H,24,28). The molecule has 1 aliphatic heterocycles. The molecule has 1 aromatic heterocycles. The molecule has 0 aliphatic carbocycles. The van der Waals surface area contributed by atoms with Crippen molar-refractivity contribution in [1.29, 1.82) is 0 Å². The summed E-state index contributed by atoms with van der Waals surface area (Å²) in [7, 11) is 0. The van der Waals surface area contributed by atoms with Gasteiger partial charge in [-0.3, -0.25) is 9.59 Å². The highest BCUT2D eigenvalue weighted by Crippen LogP contribution is 2.36. The second kappa shape index (κ2) is 10.3. The minimum atomic E-state index is -0.0707. The second-order valence-electron chi connectivity index (χ2n) is 7.24. The highest BCUT2D eigenvalue weighted by Gasteiger charge is 2.17. The average molecular weight is 454 g/mol. The summed E-state index contributed by atoms with van der Waals surface area (Å²) in [5.74, 6) is 1.73. The zero-order valence-corrected chi connectivity index (χ0v) is 18.4. The van der Waals surface area contributed by atoms with Gasteiger partial charge in [-0.05, 0) is 48.9 Å². The molecule has 0 atom stereocenters. The predicted octanol–water partition coefficient (Wildman–Crippen LogP) is 4.96. The number of fused-ring (bicyclic) bond motifs is 1. The van der Waals surface area contributed by atoms with E-state index in [2.05, 4.69) is 22.4 Å². The monoisotopic (exact) mass is 453 g/mol. The highest BCUT2D eigenvalue weighted by molar-refractivity contribution is 7.99. The van der Waals surface area contributed by atoms with Gasteiger partial charge in [-0.2, -0.15) is 0 Å². The summed E-state index contributed by atoms with van der Waals surface area (Å²) in [4.78, 5) is 24.4. The van der Waals surface area contributed by atoms with Crippen molar-refractivity contribution in [2.45, 2.75) is 37.8 Å². The van der Waals surface area contributed by atoms with E-state index in [1.54, 1.807) is 36.4 Å². The lowest BCUT2D eigenvalue weighted by Crippen LogP contribution is -2.11. The third-order valence-electron chi connectivity index (χ3n) is 4.85. The average Bonchev–Trinajstić information content (AvgIpc) is 3.47. The van der Waals surface area contributed by atoms with Crippen molar-refractivity contribution in [2.24, 2.45) is 0 Å². The largest absolute Gasteiger partial charge is 0.454 e. The lowest BCUT2D eigenvalue weighted by atomic mass is 10.1. The first-order valence-electron chi connectivity index (χ1n) is 10.4. The SMILES string of the molecule is CCCCCC(=O)Nc1ccc(C(=O)CSc2nnc(-c3ccc4c(c3)OCO4)o2)cc1. The molecule has 1 aliphatic rings. The molecule has 9 heteroatoms. The van der Waals surface area contributed by atoms with Gasteiger partial charge in [0, 0.05) is 23.2 Å². The third-order valence-corrected chi connectivity index (χ3v) is 5.67. The molecule has 4 rings (SSSR count). The number of aromatic nitrogens is 2. The van der Waals surface area contributed by atoms with Crippen LogP contribution in [0.4, 0.5) is 5.69 Å². The van der Waals surface area contributed by atoms with E-state index in [-0.39, 0.29) is 24.2 Å². The molecule has 8 nitrogen and oxygen atoms in total. The van der Waals surface area contributed by atoms with E-state index in [0.717, 1.165) is 19.3 Å². The van der Waals surface area contributed by atoms with E-state index in [1.807, 2.05) is 6.07 Å². The van der Waals surface area contributed by atoms with Crippen molar-refractivity contribution in [3.8, 4) is 23.0 Å². The van der Waals surface area contributed by atoms with E-state index in [1.165, 1.54) is 11.8 Å². The van der Waals surface area contributed by atoms with E-state index in [4.69, 9.17) is 13.9 Å². The summed E-state index contributed by atoms with van der Waals surface area (Å²) in [6.45, 7) is 2.29. The Morgan fingerprint density at radius 2 is 1.84 bits per heavy atom. The van der Waals surface area contributed by atoms with Crippen molar-refractivity contribution >= 4 is 29.1 Å². The lowest BCUT2D eigenvalue weighted by Gasteiger charge is -2.06. The number of benzene rings is 2. The number of nitrogens with one attached hydrogen (secondary N) is 1. The number of rotatable bonds is 10. The number of carbonyl (C=O) groups excluding carboxylic acids is 2. The number of nitrogens with zero attached hydrogens (tertiary/aromatic N) is 2. The molecule has 2 aromatic carbocycles. The van der Waals surface area contributed by atoms with Crippen LogP contribution in [0.25, 0.3) is 11.5 Å². The van der Waals surface area contributed by atoms with E-state index in [0.29, 0.717) is 45.8 Å². The first-order chi connectivity index (χ1) is 15.6. The van der Waals surface area contributed by atoms with Gasteiger partial charge in [0.1, 0.15) is 0 Å². The van der Waals surface area contributed by atoms with Gasteiger partial charge in [-0.1, -0.05) is 31.5 Å². The number of unbranched alkanes of at least 4 members (excludes halogenated alkanes) is 2. The van der Waals surface area contributed by atoms with Crippen LogP contribution in [0.5, 0.6) is 11.5 Å². The summed E-state index contributed by atoms with van der Waals surface area (Å²) in [5, 5.41) is 11.2. The molecule has 32 heavy (non-hydrogen) atoms. The van der Waals surface area contributed by atoms with Gasteiger partial charge < -0.3 is 19.2 Å². The fourth-order valence-corrected chi connectivity index (χ4v) is 3.78. The molecule has 0 saturated carbocycles. The Balaban J connectivity index is 1.29. The Morgan fingerprint density at radius 3 is 2.66 bits per heavy atom. The van der Waals surface area contributed by atoms with Gasteiger partial charge in [-0.25, -0.2) is 0 Å². The van der Waals surface area contributed by atoms with Crippen molar-refractivity contribution in [1.82, 2.24) is 10.2 Å². The molecule has 0 radical (unpaired) electrons. The van der Waals surface area contributed by atoms with Gasteiger partial charge in [-0.15, -0.1) is 10.2 Å². The number of ether oxygens (including phenoxy) is 2. The molecular formula is C23H23N3O5S. The normalized spacial score (nSPS) is 12.0. The molecule has 3 aromatic rings. The maximum absolute atomic E-state index is 12.5. The van der Waals surface area contributed by atoms with Crippen molar-refractivity contribution in [3.63, 3.8) is 0 Å². The fourth-order valence-electron chi connectivity index (χ4n) is 3.12. The van der Waals surface area contributed by atoms with E-state index < -0.39 is 0 Å². The van der Waals surface area contributed by atoms with Crippen molar-refractivity contribution < 1.29 is 23.5 Å². The summed E-state index contributed by atoms with van der Waals surface area (Å²) in [6, 6.07) is 12.3. The summed E-state index contributed by atoms with van der Waals surface area (Å²) in [6.07, 6.45) is 3.49. The van der Waals surface area contributed by atoms with Gasteiger partial charge in [0.05, 0.1) is 5.75 Å². The number of thioether (sulfide) groups is 1. The molecule has 2 heterocycles. The van der Waals surface area contributed by atoms with E-state index in [9.17, 15) is 9.59 Å². The topological polar surface area (TPSA) is 104 Å². The van der Waals surface area contributed by atoms with Gasteiger partial charge in [0.25, 0.3) is 5.22 Å².